The van der Waals surface area contributed by atoms with Gasteiger partial charge in [0.15, 0.2) is 17.4 Å². The molecule has 5 rings (SSSR count). The first kappa shape index (κ1) is 30.1. The maximum absolute atomic E-state index is 11.6. The number of aromatic hydroxyl groups is 1. The van der Waals surface area contributed by atoms with Crippen LogP contribution in [-0.4, -0.2) is 92.2 Å². The third-order valence-electron chi connectivity index (χ3n) is 8.16. The van der Waals surface area contributed by atoms with Crippen LogP contribution in [0.3, 0.4) is 0 Å². The molecule has 0 amide bonds. The van der Waals surface area contributed by atoms with Crippen LogP contribution >= 0.6 is 0 Å². The summed E-state index contributed by atoms with van der Waals surface area (Å²) in [4.78, 5) is 13.6. The first-order valence-electron chi connectivity index (χ1n) is 14.7. The largest absolute Gasteiger partial charge is 0.494 e. The molecule has 11 nitrogen and oxygen atoms in total. The fourth-order valence-electron chi connectivity index (χ4n) is 5.76. The van der Waals surface area contributed by atoms with E-state index in [-0.39, 0.29) is 11.9 Å². The third-order valence-corrected chi connectivity index (χ3v) is 8.16. The van der Waals surface area contributed by atoms with Crippen LogP contribution in [0, 0.1) is 0 Å². The van der Waals surface area contributed by atoms with Crippen molar-refractivity contribution in [2.75, 3.05) is 77.9 Å². The van der Waals surface area contributed by atoms with Crippen molar-refractivity contribution in [1.29, 1.82) is 0 Å². The lowest BCUT2D eigenvalue weighted by Crippen LogP contribution is -2.46. The van der Waals surface area contributed by atoms with Crippen LogP contribution in [-0.2, 0) is 0 Å². The summed E-state index contributed by atoms with van der Waals surface area (Å²) in [6, 6.07) is 13.6. The van der Waals surface area contributed by atoms with Gasteiger partial charge in [-0.05, 0) is 49.2 Å². The zero-order valence-corrected chi connectivity index (χ0v) is 25.7. The second-order valence-corrected chi connectivity index (χ2v) is 10.5. The average molecular weight is 591 g/mol. The minimum Gasteiger partial charge on any atom is -0.494 e. The van der Waals surface area contributed by atoms with Gasteiger partial charge in [-0.2, -0.15) is 9.97 Å². The number of benzene rings is 2. The third kappa shape index (κ3) is 6.51. The Morgan fingerprint density at radius 1 is 0.860 bits per heavy atom. The van der Waals surface area contributed by atoms with Gasteiger partial charge in [0, 0.05) is 55.4 Å². The maximum atomic E-state index is 11.6. The van der Waals surface area contributed by atoms with E-state index in [0.717, 1.165) is 67.6 Å². The quantitative estimate of drug-likeness (QED) is 0.211. The van der Waals surface area contributed by atoms with Gasteiger partial charge < -0.3 is 43.7 Å². The second-order valence-electron chi connectivity index (χ2n) is 10.5. The lowest BCUT2D eigenvalue weighted by Gasteiger charge is -2.35. The van der Waals surface area contributed by atoms with E-state index in [1.165, 1.54) is 0 Å². The van der Waals surface area contributed by atoms with Gasteiger partial charge in [-0.15, -0.1) is 0 Å². The highest BCUT2D eigenvalue weighted by Gasteiger charge is 2.24. The molecule has 1 aliphatic rings. The second kappa shape index (κ2) is 13.7. The van der Waals surface area contributed by atoms with Crippen molar-refractivity contribution in [1.82, 2.24) is 19.4 Å². The van der Waals surface area contributed by atoms with Crippen molar-refractivity contribution in [2.24, 2.45) is 0 Å². The van der Waals surface area contributed by atoms with Crippen LogP contribution < -0.4 is 29.2 Å². The molecule has 2 aromatic heterocycles. The monoisotopic (exact) mass is 590 g/mol. The molecule has 3 heterocycles. The predicted molar refractivity (Wildman–Crippen MR) is 168 cm³/mol. The van der Waals surface area contributed by atoms with E-state index in [0.29, 0.717) is 35.8 Å². The Hall–Kier alpha value is -4.38. The molecule has 0 aliphatic carbocycles. The lowest BCUT2D eigenvalue weighted by molar-refractivity contribution is 0.271. The zero-order chi connectivity index (χ0) is 30.3. The van der Waals surface area contributed by atoms with Gasteiger partial charge in [0.2, 0.25) is 17.7 Å². The topological polar surface area (TPSA) is 106 Å². The van der Waals surface area contributed by atoms with E-state index in [9.17, 15) is 5.11 Å². The van der Waals surface area contributed by atoms with Crippen molar-refractivity contribution in [3.63, 3.8) is 0 Å². The number of fused-ring (bicyclic) bond motifs is 1. The maximum Gasteiger partial charge on any atom is 0.229 e. The summed E-state index contributed by atoms with van der Waals surface area (Å²) >= 11 is 0. The standard InChI is InChI=1S/C32H42N6O5/c1-6-36-15-17-37(18-16-36)26-10-7-9-23-24(26)21-38(31(23)39)25(22-12-13-27(40-2)28(19-22)41-3)11-8-14-33-32-34-29(42-4)20-30(35-32)43-5/h7,9-10,12-13,19-21,25,39H,6,8,11,14-18H2,1-5H3,(H,33,34,35)/t25-/m1/s1. The number of hydrogen-bond acceptors (Lipinski definition) is 10. The van der Waals surface area contributed by atoms with Crippen molar-refractivity contribution >= 4 is 22.4 Å². The minimum absolute atomic E-state index is 0.167. The van der Waals surface area contributed by atoms with Crippen LogP contribution in [0.25, 0.3) is 10.8 Å². The number of ether oxygens (including phenoxy) is 4. The van der Waals surface area contributed by atoms with Crippen LogP contribution in [0.4, 0.5) is 11.6 Å². The molecule has 230 valence electrons. The Kier molecular flexibility index (Phi) is 9.61. The molecule has 0 radical (unpaired) electrons. The number of methoxy groups -OCH3 is 4. The Labute approximate surface area is 253 Å². The summed E-state index contributed by atoms with van der Waals surface area (Å²) in [6.07, 6.45) is 3.58. The number of anilines is 2. The van der Waals surface area contributed by atoms with Gasteiger partial charge in [-0.25, -0.2) is 0 Å². The number of rotatable bonds is 13. The van der Waals surface area contributed by atoms with Gasteiger partial charge in [0.05, 0.1) is 40.5 Å². The van der Waals surface area contributed by atoms with Crippen molar-refractivity contribution in [3.8, 4) is 29.1 Å². The number of nitrogens with one attached hydrogen (secondary N) is 1. The Morgan fingerprint density at radius 3 is 2.23 bits per heavy atom. The summed E-state index contributed by atoms with van der Waals surface area (Å²) in [5.74, 6) is 2.83. The normalized spacial score (nSPS) is 14.5. The number of likely N-dealkylation sites (N-methyl/N-ethyl adjacent to an activating group) is 1. The summed E-state index contributed by atoms with van der Waals surface area (Å²) < 4.78 is 23.7. The fourth-order valence-corrected chi connectivity index (χ4v) is 5.76. The molecule has 4 aromatic rings. The Balaban J connectivity index is 1.44. The minimum atomic E-state index is -0.167. The first-order chi connectivity index (χ1) is 21.0. The van der Waals surface area contributed by atoms with Crippen molar-refractivity contribution in [2.45, 2.75) is 25.8 Å². The van der Waals surface area contributed by atoms with E-state index < -0.39 is 0 Å². The first-order valence-corrected chi connectivity index (χ1v) is 14.7. The van der Waals surface area contributed by atoms with Gasteiger partial charge in [-0.1, -0.05) is 19.1 Å². The van der Waals surface area contributed by atoms with Crippen LogP contribution in [0.5, 0.6) is 29.1 Å². The molecule has 1 aliphatic heterocycles. The van der Waals surface area contributed by atoms with E-state index in [4.69, 9.17) is 18.9 Å². The number of hydrogen-bond donors (Lipinski definition) is 2. The predicted octanol–water partition coefficient (Wildman–Crippen LogP) is 4.79. The molecule has 11 heteroatoms. The molecule has 1 fully saturated rings. The Bertz CT molecular complexity index is 1500. The SMILES string of the molecule is CCN1CCN(c2cccc3c(O)n([C@H](CCCNc4nc(OC)cc(OC)n4)c4ccc(OC)c(OC)c4)cc23)CC1. The molecular formula is C32H42N6O5. The molecule has 1 atom stereocenters. The number of piperazine rings is 1. The van der Waals surface area contributed by atoms with Gasteiger partial charge in [0.1, 0.15) is 0 Å². The fraction of sp³-hybridized carbons (Fsp3) is 0.438. The molecule has 2 N–H and O–H groups in total. The summed E-state index contributed by atoms with van der Waals surface area (Å²) in [6.45, 7) is 7.86. The van der Waals surface area contributed by atoms with E-state index in [1.54, 1.807) is 34.5 Å². The van der Waals surface area contributed by atoms with E-state index in [2.05, 4.69) is 44.3 Å². The van der Waals surface area contributed by atoms with Gasteiger partial charge >= 0.3 is 0 Å². The summed E-state index contributed by atoms with van der Waals surface area (Å²) in [5.41, 5.74) is 2.16. The van der Waals surface area contributed by atoms with Crippen molar-refractivity contribution in [3.05, 3.63) is 54.2 Å². The highest BCUT2D eigenvalue weighted by atomic mass is 16.5. The van der Waals surface area contributed by atoms with Crippen LogP contribution in [0.1, 0.15) is 31.4 Å². The number of aromatic nitrogens is 3. The van der Waals surface area contributed by atoms with Crippen LogP contribution in [0.2, 0.25) is 0 Å². The molecule has 0 unspecified atom stereocenters. The molecular weight excluding hydrogens is 548 g/mol. The highest BCUT2D eigenvalue weighted by Crippen LogP contribution is 2.40. The Morgan fingerprint density at radius 2 is 1.58 bits per heavy atom. The number of nitrogens with zero attached hydrogens (tertiary/aromatic N) is 5. The molecule has 0 saturated carbocycles. The molecule has 43 heavy (non-hydrogen) atoms. The smallest absolute Gasteiger partial charge is 0.229 e. The summed E-state index contributed by atoms with van der Waals surface area (Å²) in [7, 11) is 6.38. The lowest BCUT2D eigenvalue weighted by atomic mass is 10.0. The molecule has 2 aromatic carbocycles. The summed E-state index contributed by atoms with van der Waals surface area (Å²) in [5, 5.41) is 16.8. The van der Waals surface area contributed by atoms with Crippen LogP contribution in [0.15, 0.2) is 48.7 Å². The van der Waals surface area contributed by atoms with Crippen molar-refractivity contribution < 1.29 is 24.1 Å². The average Bonchev–Trinajstić information content (AvgIpc) is 3.40. The molecule has 0 spiro atoms. The van der Waals surface area contributed by atoms with E-state index in [1.807, 2.05) is 34.9 Å². The van der Waals surface area contributed by atoms with E-state index >= 15 is 0 Å². The highest BCUT2D eigenvalue weighted by molar-refractivity contribution is 5.98. The molecule has 1 saturated heterocycles. The van der Waals surface area contributed by atoms with Gasteiger partial charge in [-0.3, -0.25) is 0 Å². The molecule has 0 bridgehead atoms. The van der Waals surface area contributed by atoms with Gasteiger partial charge in [0.25, 0.3) is 0 Å². The zero-order valence-electron chi connectivity index (χ0n) is 25.7.